The lowest BCUT2D eigenvalue weighted by molar-refractivity contribution is 0.0946. The first-order valence-corrected chi connectivity index (χ1v) is 7.95. The van der Waals surface area contributed by atoms with Crippen molar-refractivity contribution in [3.8, 4) is 0 Å². The molecular formula is C15H21N7O. The molecular weight excluding hydrogens is 294 g/mol. The Kier molecular flexibility index (Phi) is 3.53. The van der Waals surface area contributed by atoms with Gasteiger partial charge in [-0.05, 0) is 0 Å². The van der Waals surface area contributed by atoms with Gasteiger partial charge in [0.25, 0.3) is 0 Å². The zero-order valence-corrected chi connectivity index (χ0v) is 13.2. The minimum absolute atomic E-state index is 0.0557. The molecule has 2 amide bonds. The molecule has 23 heavy (non-hydrogen) atoms. The summed E-state index contributed by atoms with van der Waals surface area (Å²) in [6.07, 6.45) is 9.43. The molecule has 8 heteroatoms. The first-order chi connectivity index (χ1) is 11.2. The maximum Gasteiger partial charge on any atom is 0.324 e. The first-order valence-electron chi connectivity index (χ1n) is 7.95. The molecule has 4 heterocycles. The molecule has 2 fully saturated rings. The van der Waals surface area contributed by atoms with E-state index in [4.69, 9.17) is 0 Å². The molecule has 2 aromatic heterocycles. The lowest BCUT2D eigenvalue weighted by Gasteiger charge is -2.39. The van der Waals surface area contributed by atoms with Crippen LogP contribution in [-0.2, 0) is 6.54 Å². The molecule has 2 saturated heterocycles. The highest BCUT2D eigenvalue weighted by Crippen LogP contribution is 2.24. The van der Waals surface area contributed by atoms with Crippen LogP contribution in [0.5, 0.6) is 0 Å². The van der Waals surface area contributed by atoms with Crippen molar-refractivity contribution < 1.29 is 4.79 Å². The van der Waals surface area contributed by atoms with Crippen molar-refractivity contribution in [1.82, 2.24) is 29.1 Å². The molecule has 0 N–H and O–H groups in total. The normalized spacial score (nSPS) is 19.6. The number of hydrogen-bond donors (Lipinski definition) is 0. The second kappa shape index (κ2) is 5.69. The quantitative estimate of drug-likeness (QED) is 0.806. The van der Waals surface area contributed by atoms with Crippen molar-refractivity contribution in [1.29, 1.82) is 0 Å². The van der Waals surface area contributed by atoms with Crippen LogP contribution in [-0.4, -0.2) is 74.9 Å². The molecule has 4 rings (SSSR count). The zero-order chi connectivity index (χ0) is 15.8. The molecule has 8 nitrogen and oxygen atoms in total. The van der Waals surface area contributed by atoms with Gasteiger partial charge in [-0.2, -0.15) is 5.10 Å². The fourth-order valence-corrected chi connectivity index (χ4v) is 3.12. The number of anilines is 1. The van der Waals surface area contributed by atoms with Gasteiger partial charge < -0.3 is 9.47 Å². The number of carbonyl (C=O) groups excluding carboxylic acids is 1. The van der Waals surface area contributed by atoms with Crippen LogP contribution >= 0.6 is 0 Å². The molecule has 0 radical (unpaired) electrons. The van der Waals surface area contributed by atoms with Crippen molar-refractivity contribution in [3.05, 3.63) is 31.1 Å². The molecule has 0 saturated carbocycles. The second-order valence-corrected chi connectivity index (χ2v) is 6.25. The Hall–Kier alpha value is -2.35. The van der Waals surface area contributed by atoms with Gasteiger partial charge in [-0.3, -0.25) is 14.5 Å². The van der Waals surface area contributed by atoms with Gasteiger partial charge in [0.2, 0.25) is 0 Å². The summed E-state index contributed by atoms with van der Waals surface area (Å²) in [6, 6.07) is 0.460. The number of urea groups is 1. The highest BCUT2D eigenvalue weighted by molar-refractivity contribution is 5.93. The molecule has 0 bridgehead atoms. The Labute approximate surface area is 134 Å². The molecule has 122 valence electrons. The van der Waals surface area contributed by atoms with Gasteiger partial charge in [0.15, 0.2) is 0 Å². The van der Waals surface area contributed by atoms with E-state index in [2.05, 4.69) is 19.5 Å². The topological polar surface area (TPSA) is 62.4 Å². The van der Waals surface area contributed by atoms with Crippen LogP contribution in [0.4, 0.5) is 10.5 Å². The van der Waals surface area contributed by atoms with E-state index in [1.54, 1.807) is 22.2 Å². The Morgan fingerprint density at radius 3 is 2.83 bits per heavy atom. The van der Waals surface area contributed by atoms with Gasteiger partial charge in [-0.25, -0.2) is 9.78 Å². The van der Waals surface area contributed by atoms with E-state index in [1.165, 1.54) is 0 Å². The second-order valence-electron chi connectivity index (χ2n) is 6.25. The van der Waals surface area contributed by atoms with Gasteiger partial charge in [-0.15, -0.1) is 0 Å². The molecule has 0 spiro atoms. The van der Waals surface area contributed by atoms with E-state index in [0.717, 1.165) is 45.0 Å². The molecule has 0 atom stereocenters. The predicted octanol–water partition coefficient (Wildman–Crippen LogP) is 0.508. The van der Waals surface area contributed by atoms with Crippen LogP contribution < -0.4 is 4.90 Å². The van der Waals surface area contributed by atoms with E-state index in [9.17, 15) is 4.79 Å². The van der Waals surface area contributed by atoms with E-state index >= 15 is 0 Å². The molecule has 2 aliphatic rings. The Balaban J connectivity index is 1.30. The minimum Gasteiger partial charge on any atom is -0.336 e. The lowest BCUT2D eigenvalue weighted by Crippen LogP contribution is -2.48. The SMILES string of the molecule is CN1CCN(c2cnn(C3CN(CCn4ccnc4)C3)c2)C1=O. The summed E-state index contributed by atoms with van der Waals surface area (Å²) in [5.41, 5.74) is 0.899. The van der Waals surface area contributed by atoms with Crippen LogP contribution in [0.3, 0.4) is 0 Å². The molecule has 2 aliphatic heterocycles. The summed E-state index contributed by atoms with van der Waals surface area (Å²) in [4.78, 5) is 22.0. The maximum atomic E-state index is 12.0. The van der Waals surface area contributed by atoms with E-state index in [0.29, 0.717) is 6.04 Å². The third kappa shape index (κ3) is 2.70. The van der Waals surface area contributed by atoms with Crippen LogP contribution in [0.2, 0.25) is 0 Å². The van der Waals surface area contributed by atoms with Crippen LogP contribution in [0.15, 0.2) is 31.1 Å². The third-order valence-electron chi connectivity index (χ3n) is 4.66. The average molecular weight is 315 g/mol. The minimum atomic E-state index is 0.0557. The summed E-state index contributed by atoms with van der Waals surface area (Å²) >= 11 is 0. The Morgan fingerprint density at radius 2 is 2.13 bits per heavy atom. The van der Waals surface area contributed by atoms with Crippen molar-refractivity contribution in [3.63, 3.8) is 0 Å². The summed E-state index contributed by atoms with van der Waals surface area (Å²) in [5, 5.41) is 4.45. The molecule has 0 aliphatic carbocycles. The maximum absolute atomic E-state index is 12.0. The summed E-state index contributed by atoms with van der Waals surface area (Å²) in [6.45, 7) is 5.51. The number of aromatic nitrogens is 4. The number of hydrogen-bond acceptors (Lipinski definition) is 4. The van der Waals surface area contributed by atoms with E-state index < -0.39 is 0 Å². The van der Waals surface area contributed by atoms with Crippen LogP contribution in [0, 0.1) is 0 Å². The highest BCUT2D eigenvalue weighted by atomic mass is 16.2. The zero-order valence-electron chi connectivity index (χ0n) is 13.2. The lowest BCUT2D eigenvalue weighted by atomic mass is 10.1. The number of carbonyl (C=O) groups is 1. The molecule has 0 aromatic carbocycles. The van der Waals surface area contributed by atoms with Crippen molar-refractivity contribution in [2.45, 2.75) is 12.6 Å². The van der Waals surface area contributed by atoms with E-state index in [-0.39, 0.29) is 6.03 Å². The number of nitrogens with zero attached hydrogens (tertiary/aromatic N) is 7. The fourth-order valence-electron chi connectivity index (χ4n) is 3.12. The Morgan fingerprint density at radius 1 is 1.26 bits per heavy atom. The van der Waals surface area contributed by atoms with Crippen molar-refractivity contribution >= 4 is 11.7 Å². The van der Waals surface area contributed by atoms with Crippen LogP contribution in [0.1, 0.15) is 6.04 Å². The number of amides is 2. The first kappa shape index (κ1) is 14.3. The summed E-state index contributed by atoms with van der Waals surface area (Å²) < 4.78 is 4.09. The van der Waals surface area contributed by atoms with Crippen molar-refractivity contribution in [2.75, 3.05) is 44.7 Å². The standard InChI is InChI=1S/C15H21N7O/c1-18-4-7-21(15(18)23)13-8-17-22(11-13)14-9-20(10-14)6-5-19-3-2-16-12-19/h2-3,8,11-12,14H,4-7,9-10H2,1H3. The number of imidazole rings is 1. The highest BCUT2D eigenvalue weighted by Gasteiger charge is 2.31. The smallest absolute Gasteiger partial charge is 0.324 e. The monoisotopic (exact) mass is 315 g/mol. The van der Waals surface area contributed by atoms with Gasteiger partial charge >= 0.3 is 6.03 Å². The van der Waals surface area contributed by atoms with Crippen LogP contribution in [0.25, 0.3) is 0 Å². The van der Waals surface area contributed by atoms with Gasteiger partial charge in [0, 0.05) is 64.9 Å². The molecule has 0 unspecified atom stereocenters. The number of likely N-dealkylation sites (N-methyl/N-ethyl adjacent to an activating group) is 1. The third-order valence-corrected chi connectivity index (χ3v) is 4.66. The summed E-state index contributed by atoms with van der Waals surface area (Å²) in [7, 11) is 1.83. The van der Waals surface area contributed by atoms with Gasteiger partial charge in [0.05, 0.1) is 24.3 Å². The summed E-state index contributed by atoms with van der Waals surface area (Å²) in [5.74, 6) is 0. The predicted molar refractivity (Wildman–Crippen MR) is 85.3 cm³/mol. The largest absolute Gasteiger partial charge is 0.336 e. The fraction of sp³-hybridized carbons (Fsp3) is 0.533. The number of rotatable bonds is 5. The Bertz CT molecular complexity index is 674. The number of likely N-dealkylation sites (tertiary alicyclic amines) is 1. The van der Waals surface area contributed by atoms with Gasteiger partial charge in [-0.1, -0.05) is 0 Å². The molecule has 2 aromatic rings. The van der Waals surface area contributed by atoms with E-state index in [1.807, 2.05) is 30.5 Å². The van der Waals surface area contributed by atoms with Gasteiger partial charge in [0.1, 0.15) is 0 Å². The van der Waals surface area contributed by atoms with Crippen molar-refractivity contribution in [2.24, 2.45) is 0 Å². The average Bonchev–Trinajstić information content (AvgIpc) is 3.21.